The van der Waals surface area contributed by atoms with E-state index in [9.17, 15) is 0 Å². The van der Waals surface area contributed by atoms with Gasteiger partial charge in [-0.15, -0.1) is 0 Å². The third-order valence-corrected chi connectivity index (χ3v) is 10.8. The molecule has 0 saturated carbocycles. The van der Waals surface area contributed by atoms with E-state index in [4.69, 9.17) is 9.47 Å². The molecule has 0 aliphatic heterocycles. The van der Waals surface area contributed by atoms with Gasteiger partial charge < -0.3 is 9.47 Å². The van der Waals surface area contributed by atoms with Gasteiger partial charge in [0.05, 0.1) is 25.6 Å². The van der Waals surface area contributed by atoms with E-state index in [2.05, 4.69) is 24.1 Å². The zero-order valence-corrected chi connectivity index (χ0v) is 35.5. The molecule has 4 nitrogen and oxygen atoms in total. The quantitative estimate of drug-likeness (QED) is 0.0389. The standard InChI is InChI=1S/C50H84N2O2/c1-3-5-7-9-11-13-15-17-19-21-23-25-27-29-31-33-43-53-49-39-35-47(36-40-49)45-51-52-46-48-37-41-50(42-38-48)54-44-34-32-30-28-26-24-22-20-18-16-14-12-10-8-6-4-2/h35-42,45-46H,3-34,43-44H2,1-2H3/b51-45+,52-46+. The highest BCUT2D eigenvalue weighted by Crippen LogP contribution is 2.17. The smallest absolute Gasteiger partial charge is 0.119 e. The highest BCUT2D eigenvalue weighted by molar-refractivity contribution is 5.82. The van der Waals surface area contributed by atoms with Gasteiger partial charge in [-0.3, -0.25) is 0 Å². The van der Waals surface area contributed by atoms with Crippen molar-refractivity contribution in [2.75, 3.05) is 13.2 Å². The summed E-state index contributed by atoms with van der Waals surface area (Å²) in [5, 5.41) is 8.48. The molecule has 0 radical (unpaired) electrons. The molecule has 0 aliphatic rings. The monoisotopic (exact) mass is 745 g/mol. The summed E-state index contributed by atoms with van der Waals surface area (Å²) in [7, 11) is 0. The third-order valence-electron chi connectivity index (χ3n) is 10.8. The van der Waals surface area contributed by atoms with E-state index in [1.807, 2.05) is 48.5 Å². The van der Waals surface area contributed by atoms with Gasteiger partial charge in [0.25, 0.3) is 0 Å². The van der Waals surface area contributed by atoms with E-state index in [0.717, 1.165) is 48.7 Å². The molecule has 0 aromatic heterocycles. The molecule has 0 amide bonds. The van der Waals surface area contributed by atoms with Gasteiger partial charge in [0, 0.05) is 0 Å². The lowest BCUT2D eigenvalue weighted by molar-refractivity contribution is 0.304. The lowest BCUT2D eigenvalue weighted by Gasteiger charge is -2.06. The van der Waals surface area contributed by atoms with Crippen molar-refractivity contribution in [3.8, 4) is 11.5 Å². The Morgan fingerprint density at radius 3 is 0.778 bits per heavy atom. The van der Waals surface area contributed by atoms with Gasteiger partial charge >= 0.3 is 0 Å². The predicted octanol–water partition coefficient (Wildman–Crippen LogP) is 16.4. The molecule has 54 heavy (non-hydrogen) atoms. The maximum atomic E-state index is 5.97. The first-order chi connectivity index (χ1) is 26.8. The number of hydrogen-bond donors (Lipinski definition) is 0. The van der Waals surface area contributed by atoms with E-state index in [1.165, 1.54) is 193 Å². The van der Waals surface area contributed by atoms with Crippen LogP contribution in [0.2, 0.25) is 0 Å². The lowest BCUT2D eigenvalue weighted by atomic mass is 10.0. The van der Waals surface area contributed by atoms with Crippen LogP contribution in [0.1, 0.15) is 230 Å². The van der Waals surface area contributed by atoms with Gasteiger partial charge in [-0.05, 0) is 72.5 Å². The molecular weight excluding hydrogens is 661 g/mol. The summed E-state index contributed by atoms with van der Waals surface area (Å²) in [5.74, 6) is 1.85. The Bertz CT molecular complexity index is 1020. The maximum Gasteiger partial charge on any atom is 0.119 e. The van der Waals surface area contributed by atoms with Crippen molar-refractivity contribution >= 4 is 12.4 Å². The summed E-state index contributed by atoms with van der Waals surface area (Å²) >= 11 is 0. The summed E-state index contributed by atoms with van der Waals surface area (Å²) in [4.78, 5) is 0. The van der Waals surface area contributed by atoms with Crippen molar-refractivity contribution in [1.29, 1.82) is 0 Å². The first-order valence-corrected chi connectivity index (χ1v) is 23.3. The van der Waals surface area contributed by atoms with Crippen LogP contribution < -0.4 is 9.47 Å². The highest BCUT2D eigenvalue weighted by Gasteiger charge is 1.99. The highest BCUT2D eigenvalue weighted by atomic mass is 16.5. The van der Waals surface area contributed by atoms with Gasteiger partial charge in [-0.25, -0.2) is 0 Å². The molecular formula is C50H84N2O2. The van der Waals surface area contributed by atoms with Crippen LogP contribution in [-0.4, -0.2) is 25.6 Å². The Morgan fingerprint density at radius 1 is 0.315 bits per heavy atom. The van der Waals surface area contributed by atoms with Crippen molar-refractivity contribution in [3.63, 3.8) is 0 Å². The van der Waals surface area contributed by atoms with Crippen molar-refractivity contribution in [2.24, 2.45) is 10.2 Å². The molecule has 0 heterocycles. The molecule has 2 aromatic carbocycles. The maximum absolute atomic E-state index is 5.97. The van der Waals surface area contributed by atoms with E-state index in [0.29, 0.717) is 0 Å². The molecule has 0 N–H and O–H groups in total. The summed E-state index contributed by atoms with van der Waals surface area (Å²) in [6, 6.07) is 16.2. The fourth-order valence-corrected chi connectivity index (χ4v) is 7.18. The van der Waals surface area contributed by atoms with Crippen LogP contribution in [0, 0.1) is 0 Å². The Morgan fingerprint density at radius 2 is 0.537 bits per heavy atom. The Kier molecular flexibility index (Phi) is 32.8. The van der Waals surface area contributed by atoms with Gasteiger partial charge in [0.1, 0.15) is 11.5 Å². The van der Waals surface area contributed by atoms with Crippen LogP contribution in [0.4, 0.5) is 0 Å². The number of benzene rings is 2. The molecule has 4 heteroatoms. The Hall–Kier alpha value is -2.62. The Balaban J connectivity index is 1.39. The van der Waals surface area contributed by atoms with Crippen LogP contribution in [0.15, 0.2) is 58.7 Å². The van der Waals surface area contributed by atoms with Crippen LogP contribution in [-0.2, 0) is 0 Å². The third kappa shape index (κ3) is 29.7. The molecule has 2 rings (SSSR count). The van der Waals surface area contributed by atoms with Crippen LogP contribution in [0.5, 0.6) is 11.5 Å². The Labute approximate surface area is 334 Å². The number of nitrogens with zero attached hydrogens (tertiary/aromatic N) is 2. The molecule has 0 unspecified atom stereocenters. The van der Waals surface area contributed by atoms with Gasteiger partial charge in [-0.1, -0.05) is 206 Å². The van der Waals surface area contributed by atoms with Gasteiger partial charge in [0.2, 0.25) is 0 Å². The summed E-state index contributed by atoms with van der Waals surface area (Å²) in [6.07, 6.45) is 48.0. The fraction of sp³-hybridized carbons (Fsp3) is 0.720. The van der Waals surface area contributed by atoms with E-state index in [1.54, 1.807) is 12.4 Å². The van der Waals surface area contributed by atoms with Crippen molar-refractivity contribution in [2.45, 2.75) is 219 Å². The summed E-state index contributed by atoms with van der Waals surface area (Å²) in [6.45, 7) is 6.17. The molecule has 0 aliphatic carbocycles. The van der Waals surface area contributed by atoms with Crippen LogP contribution in [0.25, 0.3) is 0 Å². The van der Waals surface area contributed by atoms with E-state index >= 15 is 0 Å². The fourth-order valence-electron chi connectivity index (χ4n) is 7.18. The second kappa shape index (κ2) is 37.3. The minimum absolute atomic E-state index is 0.791. The molecule has 306 valence electrons. The first-order valence-electron chi connectivity index (χ1n) is 23.3. The van der Waals surface area contributed by atoms with E-state index < -0.39 is 0 Å². The SMILES string of the molecule is CCCCCCCCCCCCCCCCCCOc1ccc(/C=N/N=C/c2ccc(OCCCCCCCCCCCCCCCCCC)cc2)cc1. The molecule has 2 aromatic rings. The minimum atomic E-state index is 0.791. The number of ether oxygens (including phenoxy) is 2. The lowest BCUT2D eigenvalue weighted by Crippen LogP contribution is -1.97. The molecule has 0 bridgehead atoms. The average Bonchev–Trinajstić information content (AvgIpc) is 3.20. The number of hydrogen-bond acceptors (Lipinski definition) is 4. The predicted molar refractivity (Wildman–Crippen MR) is 238 cm³/mol. The molecule has 0 atom stereocenters. The normalized spacial score (nSPS) is 11.7. The molecule has 0 saturated heterocycles. The average molecular weight is 745 g/mol. The van der Waals surface area contributed by atoms with Crippen molar-refractivity contribution < 1.29 is 9.47 Å². The second-order valence-electron chi connectivity index (χ2n) is 15.9. The minimum Gasteiger partial charge on any atom is -0.494 e. The van der Waals surface area contributed by atoms with Gasteiger partial charge in [0.15, 0.2) is 0 Å². The summed E-state index contributed by atoms with van der Waals surface area (Å²) < 4.78 is 11.9. The number of unbranched alkanes of at least 4 members (excludes halogenated alkanes) is 30. The topological polar surface area (TPSA) is 43.2 Å². The molecule has 0 spiro atoms. The zero-order valence-electron chi connectivity index (χ0n) is 35.5. The van der Waals surface area contributed by atoms with E-state index in [-0.39, 0.29) is 0 Å². The van der Waals surface area contributed by atoms with Crippen molar-refractivity contribution in [1.82, 2.24) is 0 Å². The second-order valence-corrected chi connectivity index (χ2v) is 15.9. The number of rotatable bonds is 39. The first kappa shape index (κ1) is 47.5. The largest absolute Gasteiger partial charge is 0.494 e. The van der Waals surface area contributed by atoms with Gasteiger partial charge in [-0.2, -0.15) is 10.2 Å². The zero-order chi connectivity index (χ0) is 38.3. The molecule has 0 fully saturated rings. The van der Waals surface area contributed by atoms with Crippen LogP contribution >= 0.6 is 0 Å². The van der Waals surface area contributed by atoms with Crippen LogP contribution in [0.3, 0.4) is 0 Å². The summed E-state index contributed by atoms with van der Waals surface area (Å²) in [5.41, 5.74) is 2.03. The van der Waals surface area contributed by atoms with Crippen molar-refractivity contribution in [3.05, 3.63) is 59.7 Å².